The number of hydrogen-bond acceptors (Lipinski definition) is 3. The van der Waals surface area contributed by atoms with E-state index in [1.807, 2.05) is 0 Å². The first-order chi connectivity index (χ1) is 5.60. The SMILES string of the molecule is BC1(B)CC(N)CC(B)(B)S1(=O)=O. The second-order valence-corrected chi connectivity index (χ2v) is 8.41. The van der Waals surface area contributed by atoms with Gasteiger partial charge in [0.15, 0.2) is 0 Å². The van der Waals surface area contributed by atoms with Gasteiger partial charge < -0.3 is 5.73 Å². The summed E-state index contributed by atoms with van der Waals surface area (Å²) in [7, 11) is 4.02. The molecule has 1 fully saturated rings. The molecule has 1 saturated heterocycles. The summed E-state index contributed by atoms with van der Waals surface area (Å²) in [5.74, 6) is 0. The Morgan fingerprint density at radius 3 is 1.69 bits per heavy atom. The maximum absolute atomic E-state index is 12.0. The molecule has 0 radical (unpaired) electrons. The molecule has 1 rings (SSSR count). The van der Waals surface area contributed by atoms with E-state index in [1.165, 1.54) is 0 Å². The highest BCUT2D eigenvalue weighted by atomic mass is 32.2. The summed E-state index contributed by atoms with van der Waals surface area (Å²) in [5.41, 5.74) is 5.84. The highest BCUT2D eigenvalue weighted by Gasteiger charge is 2.50. The van der Waals surface area contributed by atoms with Crippen LogP contribution in [0.5, 0.6) is 0 Å². The molecule has 1 aliphatic heterocycles. The molecule has 0 unspecified atom stereocenters. The average molecular weight is 196 g/mol. The fourth-order valence-electron chi connectivity index (χ4n) is 2.30. The maximum Gasteiger partial charge on any atom is 0.132 e. The molecule has 0 aromatic heterocycles. The normalized spacial score (nSPS) is 31.2. The first-order valence-electron chi connectivity index (χ1n) is 4.60. The third-order valence-electron chi connectivity index (χ3n) is 2.96. The van der Waals surface area contributed by atoms with Crippen molar-refractivity contribution in [3.05, 3.63) is 0 Å². The van der Waals surface area contributed by atoms with Gasteiger partial charge in [-0.2, -0.15) is 0 Å². The largest absolute Gasteiger partial charge is 0.328 e. The Morgan fingerprint density at radius 2 is 1.38 bits per heavy atom. The summed E-state index contributed by atoms with van der Waals surface area (Å²) < 4.78 is 22.7. The Hall–Kier alpha value is 0.170. The van der Waals surface area contributed by atoms with Crippen LogP contribution in [-0.4, -0.2) is 54.9 Å². The van der Waals surface area contributed by atoms with Gasteiger partial charge in [0.2, 0.25) is 0 Å². The van der Waals surface area contributed by atoms with Crippen molar-refractivity contribution in [2.75, 3.05) is 0 Å². The molecule has 0 aromatic rings. The minimum Gasteiger partial charge on any atom is -0.328 e. The van der Waals surface area contributed by atoms with Gasteiger partial charge in [-0.1, -0.05) is 0 Å². The van der Waals surface area contributed by atoms with E-state index >= 15 is 0 Å². The molecule has 0 bridgehead atoms. The molecule has 8 heteroatoms. The molecule has 13 heavy (non-hydrogen) atoms. The second-order valence-electron chi connectivity index (χ2n) is 5.19. The molecular weight excluding hydrogens is 181 g/mol. The smallest absolute Gasteiger partial charge is 0.132 e. The molecule has 0 atom stereocenters. The lowest BCUT2D eigenvalue weighted by molar-refractivity contribution is 0.499. The van der Waals surface area contributed by atoms with E-state index in [9.17, 15) is 8.42 Å². The van der Waals surface area contributed by atoms with Crippen molar-refractivity contribution in [3.63, 3.8) is 0 Å². The highest BCUT2D eigenvalue weighted by Crippen LogP contribution is 2.34. The average Bonchev–Trinajstić information content (AvgIpc) is 1.80. The fourth-order valence-corrected chi connectivity index (χ4v) is 4.67. The quantitative estimate of drug-likeness (QED) is 0.397. The second kappa shape index (κ2) is 2.83. The Bertz CT molecular complexity index is 288. The van der Waals surface area contributed by atoms with Crippen molar-refractivity contribution in [1.29, 1.82) is 0 Å². The van der Waals surface area contributed by atoms with Crippen molar-refractivity contribution in [3.8, 4) is 0 Å². The van der Waals surface area contributed by atoms with Crippen LogP contribution >= 0.6 is 0 Å². The summed E-state index contributed by atoms with van der Waals surface area (Å²) in [6.45, 7) is 0. The molecule has 1 heterocycles. The fraction of sp³-hybridized carbons (Fsp3) is 1.00. The summed E-state index contributed by atoms with van der Waals surface area (Å²) in [4.78, 5) is 0. The molecule has 0 spiro atoms. The van der Waals surface area contributed by atoms with Crippen LogP contribution < -0.4 is 5.73 Å². The molecule has 0 aromatic carbocycles. The lowest BCUT2D eigenvalue weighted by atomic mass is 9.60. The minimum atomic E-state index is -3.05. The number of nitrogens with two attached hydrogens (primary N) is 1. The molecule has 0 aliphatic carbocycles. The molecule has 0 amide bonds. The predicted molar refractivity (Wildman–Crippen MR) is 65.8 cm³/mol. The van der Waals surface area contributed by atoms with Crippen LogP contribution in [0.15, 0.2) is 0 Å². The van der Waals surface area contributed by atoms with Crippen molar-refractivity contribution in [2.45, 2.75) is 28.0 Å². The van der Waals surface area contributed by atoms with E-state index in [2.05, 4.69) is 0 Å². The Balaban J connectivity index is 3.20. The van der Waals surface area contributed by atoms with Crippen molar-refractivity contribution < 1.29 is 8.42 Å². The van der Waals surface area contributed by atoms with E-state index < -0.39 is 18.9 Å². The Labute approximate surface area is 83.8 Å². The van der Waals surface area contributed by atoms with E-state index in [4.69, 9.17) is 5.73 Å². The van der Waals surface area contributed by atoms with Gasteiger partial charge in [0.25, 0.3) is 0 Å². The lowest BCUT2D eigenvalue weighted by Gasteiger charge is -2.44. The first-order valence-corrected chi connectivity index (χ1v) is 6.08. The van der Waals surface area contributed by atoms with Crippen molar-refractivity contribution in [1.82, 2.24) is 0 Å². The summed E-state index contributed by atoms with van der Waals surface area (Å²) in [6.07, 6.45) is 1.14. The van der Waals surface area contributed by atoms with Crippen LogP contribution in [0.2, 0.25) is 0 Å². The van der Waals surface area contributed by atoms with Gasteiger partial charge in [-0.05, 0) is 12.8 Å². The van der Waals surface area contributed by atoms with Crippen LogP contribution in [0.3, 0.4) is 0 Å². The third kappa shape index (κ3) is 1.59. The molecular formula is C5H15B4NO2S. The van der Waals surface area contributed by atoms with E-state index in [0.717, 1.165) is 0 Å². The van der Waals surface area contributed by atoms with Crippen LogP contribution in [-0.2, 0) is 9.84 Å². The standard InChI is InChI=1S/C5H15B4NO2S/c6-4(7)1-3(10)2-5(8,9)13(4,11)12/h3H,1-2,6-10H2. The van der Waals surface area contributed by atoms with Gasteiger partial charge in [-0.15, -0.1) is 0 Å². The predicted octanol–water partition coefficient (Wildman–Crippen LogP) is -4.64. The number of rotatable bonds is 0. The van der Waals surface area contributed by atoms with Gasteiger partial charge >= 0.3 is 0 Å². The minimum absolute atomic E-state index is 0.00789. The lowest BCUT2D eigenvalue weighted by Crippen LogP contribution is -2.62. The molecule has 3 nitrogen and oxygen atoms in total. The third-order valence-corrected chi connectivity index (χ3v) is 6.21. The molecule has 0 saturated carbocycles. The summed E-state index contributed by atoms with van der Waals surface area (Å²) >= 11 is 0. The van der Waals surface area contributed by atoms with Gasteiger partial charge in [-0.25, -0.2) is 8.42 Å². The van der Waals surface area contributed by atoms with Crippen molar-refractivity contribution in [2.24, 2.45) is 5.73 Å². The van der Waals surface area contributed by atoms with E-state index in [-0.39, 0.29) is 6.04 Å². The molecule has 1 aliphatic rings. The topological polar surface area (TPSA) is 60.2 Å². The van der Waals surface area contributed by atoms with Crippen molar-refractivity contribution >= 4 is 41.2 Å². The van der Waals surface area contributed by atoms with Gasteiger partial charge in [0.1, 0.15) is 41.2 Å². The summed E-state index contributed by atoms with van der Waals surface area (Å²) in [5, 5.41) is 0. The summed E-state index contributed by atoms with van der Waals surface area (Å²) in [6, 6.07) is 0.00789. The highest BCUT2D eigenvalue weighted by molar-refractivity contribution is 7.99. The van der Waals surface area contributed by atoms with Crippen LogP contribution in [0, 0.1) is 0 Å². The molecule has 2 N–H and O–H groups in total. The number of hydrogen-bond donors (Lipinski definition) is 1. The number of sulfone groups is 1. The Morgan fingerprint density at radius 1 is 1.08 bits per heavy atom. The zero-order chi connectivity index (χ0) is 10.5. The monoisotopic (exact) mass is 197 g/mol. The van der Waals surface area contributed by atoms with E-state index in [1.54, 1.807) is 31.4 Å². The van der Waals surface area contributed by atoms with Crippen LogP contribution in [0.1, 0.15) is 12.8 Å². The van der Waals surface area contributed by atoms with Crippen LogP contribution in [0.4, 0.5) is 0 Å². The Kier molecular flexibility index (Phi) is 2.45. The van der Waals surface area contributed by atoms with Gasteiger partial charge in [-0.3, -0.25) is 0 Å². The maximum atomic E-state index is 12.0. The molecule has 70 valence electrons. The van der Waals surface area contributed by atoms with Gasteiger partial charge in [0, 0.05) is 15.1 Å². The zero-order valence-electron chi connectivity index (χ0n) is 8.79. The van der Waals surface area contributed by atoms with Crippen LogP contribution in [0.25, 0.3) is 0 Å². The van der Waals surface area contributed by atoms with E-state index in [0.29, 0.717) is 12.8 Å². The zero-order valence-corrected chi connectivity index (χ0v) is 9.61. The van der Waals surface area contributed by atoms with Gasteiger partial charge in [0.05, 0.1) is 0 Å². The first kappa shape index (κ1) is 11.2.